The van der Waals surface area contributed by atoms with Gasteiger partial charge in [0, 0.05) is 6.04 Å². The second kappa shape index (κ2) is 4.25. The Labute approximate surface area is 84.4 Å². The summed E-state index contributed by atoms with van der Waals surface area (Å²) in [6.07, 6.45) is 4.19. The smallest absolute Gasteiger partial charge is 0.0328 e. The Hall–Kier alpha value is -0.340. The fourth-order valence-corrected chi connectivity index (χ4v) is 2.78. The molecule has 1 unspecified atom stereocenters. The third kappa shape index (κ3) is 2.12. The van der Waals surface area contributed by atoms with E-state index in [4.69, 9.17) is 0 Å². The summed E-state index contributed by atoms with van der Waals surface area (Å²) >= 11 is 1.81. The number of thiophene rings is 1. The molecule has 0 aliphatic carbocycles. The monoisotopic (exact) mass is 195 g/mol. The van der Waals surface area contributed by atoms with Crippen LogP contribution in [0.5, 0.6) is 0 Å². The Balaban J connectivity index is 1.99. The zero-order valence-electron chi connectivity index (χ0n) is 8.20. The lowest BCUT2D eigenvalue weighted by molar-refractivity contribution is 0.175. The van der Waals surface area contributed by atoms with E-state index in [2.05, 4.69) is 28.7 Å². The van der Waals surface area contributed by atoms with Crippen LogP contribution in [0, 0.1) is 0 Å². The van der Waals surface area contributed by atoms with E-state index < -0.39 is 0 Å². The van der Waals surface area contributed by atoms with Gasteiger partial charge in [0.25, 0.3) is 0 Å². The second-order valence-corrected chi connectivity index (χ2v) is 4.61. The summed E-state index contributed by atoms with van der Waals surface area (Å²) in [6.45, 7) is 4.90. The molecule has 2 rings (SSSR count). The topological polar surface area (TPSA) is 3.24 Å². The van der Waals surface area contributed by atoms with Crippen LogP contribution in [-0.2, 0) is 0 Å². The quantitative estimate of drug-likeness (QED) is 0.700. The number of rotatable bonds is 2. The Bertz CT molecular complexity index is 237. The maximum atomic E-state index is 2.60. The van der Waals surface area contributed by atoms with Crippen LogP contribution < -0.4 is 0 Å². The summed E-state index contributed by atoms with van der Waals surface area (Å²) in [5.74, 6) is 0. The van der Waals surface area contributed by atoms with E-state index in [1.165, 1.54) is 37.9 Å². The summed E-state index contributed by atoms with van der Waals surface area (Å²) in [6, 6.07) is 2.88. The lowest BCUT2D eigenvalue weighted by Crippen LogP contribution is -2.32. The summed E-state index contributed by atoms with van der Waals surface area (Å²) in [7, 11) is 0. The van der Waals surface area contributed by atoms with Crippen molar-refractivity contribution in [1.82, 2.24) is 4.90 Å². The van der Waals surface area contributed by atoms with Gasteiger partial charge in [0.1, 0.15) is 0 Å². The van der Waals surface area contributed by atoms with Gasteiger partial charge in [-0.25, -0.2) is 0 Å². The summed E-state index contributed by atoms with van der Waals surface area (Å²) in [5, 5.41) is 4.45. The molecule has 1 saturated heterocycles. The maximum Gasteiger partial charge on any atom is 0.0328 e. The Morgan fingerprint density at radius 3 is 2.69 bits per heavy atom. The van der Waals surface area contributed by atoms with Crippen molar-refractivity contribution in [2.45, 2.75) is 32.2 Å². The third-order valence-corrected chi connectivity index (χ3v) is 3.67. The molecule has 1 aliphatic rings. The molecule has 0 saturated carbocycles. The van der Waals surface area contributed by atoms with Gasteiger partial charge < -0.3 is 0 Å². The molecule has 13 heavy (non-hydrogen) atoms. The van der Waals surface area contributed by atoms with Crippen molar-refractivity contribution in [3.63, 3.8) is 0 Å². The molecule has 0 amide bonds. The predicted octanol–water partition coefficient (Wildman–Crippen LogP) is 3.30. The van der Waals surface area contributed by atoms with Gasteiger partial charge in [-0.1, -0.05) is 6.42 Å². The van der Waals surface area contributed by atoms with Crippen LogP contribution in [0.2, 0.25) is 0 Å². The molecular weight excluding hydrogens is 178 g/mol. The first kappa shape index (κ1) is 9.22. The van der Waals surface area contributed by atoms with Crippen LogP contribution in [0.3, 0.4) is 0 Å². The highest BCUT2D eigenvalue weighted by Gasteiger charge is 2.17. The third-order valence-electron chi connectivity index (χ3n) is 2.96. The van der Waals surface area contributed by atoms with Crippen LogP contribution in [0.1, 0.15) is 37.8 Å². The lowest BCUT2D eigenvalue weighted by atomic mass is 10.1. The van der Waals surface area contributed by atoms with Crippen molar-refractivity contribution in [3.8, 4) is 0 Å². The first-order valence-electron chi connectivity index (χ1n) is 5.14. The molecule has 2 heteroatoms. The molecule has 0 N–H and O–H groups in total. The minimum Gasteiger partial charge on any atom is -0.297 e. The molecule has 1 aliphatic heterocycles. The van der Waals surface area contributed by atoms with E-state index in [0.29, 0.717) is 6.04 Å². The summed E-state index contributed by atoms with van der Waals surface area (Å²) in [4.78, 5) is 2.60. The zero-order valence-corrected chi connectivity index (χ0v) is 9.02. The average molecular weight is 195 g/mol. The van der Waals surface area contributed by atoms with Crippen LogP contribution in [0.4, 0.5) is 0 Å². The first-order chi connectivity index (χ1) is 6.38. The molecule has 1 aromatic heterocycles. The number of hydrogen-bond acceptors (Lipinski definition) is 2. The minimum atomic E-state index is 0.631. The van der Waals surface area contributed by atoms with Gasteiger partial charge in [-0.2, -0.15) is 11.3 Å². The van der Waals surface area contributed by atoms with Crippen LogP contribution in [0.25, 0.3) is 0 Å². The van der Waals surface area contributed by atoms with Crippen molar-refractivity contribution < 1.29 is 0 Å². The second-order valence-electron chi connectivity index (χ2n) is 3.83. The summed E-state index contributed by atoms with van der Waals surface area (Å²) in [5.41, 5.74) is 1.49. The highest BCUT2D eigenvalue weighted by Crippen LogP contribution is 2.25. The fraction of sp³-hybridized carbons (Fsp3) is 0.636. The fourth-order valence-electron chi connectivity index (χ4n) is 2.03. The molecule has 72 valence electrons. The largest absolute Gasteiger partial charge is 0.297 e. The molecule has 1 aromatic rings. The Kier molecular flexibility index (Phi) is 3.01. The van der Waals surface area contributed by atoms with Crippen molar-refractivity contribution in [3.05, 3.63) is 22.4 Å². The van der Waals surface area contributed by atoms with Gasteiger partial charge in [0.05, 0.1) is 0 Å². The molecule has 0 radical (unpaired) electrons. The Morgan fingerprint density at radius 1 is 1.31 bits per heavy atom. The van der Waals surface area contributed by atoms with E-state index in [0.717, 1.165) is 0 Å². The van der Waals surface area contributed by atoms with E-state index in [-0.39, 0.29) is 0 Å². The zero-order chi connectivity index (χ0) is 9.10. The van der Waals surface area contributed by atoms with Gasteiger partial charge in [0.15, 0.2) is 0 Å². The van der Waals surface area contributed by atoms with Crippen LogP contribution in [0.15, 0.2) is 16.8 Å². The normalized spacial score (nSPS) is 21.6. The molecule has 2 heterocycles. The molecule has 0 bridgehead atoms. The minimum absolute atomic E-state index is 0.631. The first-order valence-corrected chi connectivity index (χ1v) is 6.08. The molecular formula is C11H17NS. The number of likely N-dealkylation sites (tertiary alicyclic amines) is 1. The average Bonchev–Trinajstić information content (AvgIpc) is 2.71. The highest BCUT2D eigenvalue weighted by atomic mass is 32.1. The maximum absolute atomic E-state index is 2.60. The van der Waals surface area contributed by atoms with Gasteiger partial charge in [-0.3, -0.25) is 4.90 Å². The Morgan fingerprint density at radius 2 is 2.08 bits per heavy atom. The highest BCUT2D eigenvalue weighted by molar-refractivity contribution is 7.07. The van der Waals surface area contributed by atoms with Gasteiger partial charge >= 0.3 is 0 Å². The molecule has 0 spiro atoms. The van der Waals surface area contributed by atoms with Gasteiger partial charge in [-0.05, 0) is 55.2 Å². The lowest BCUT2D eigenvalue weighted by Gasteiger charge is -2.31. The van der Waals surface area contributed by atoms with Gasteiger partial charge in [-0.15, -0.1) is 0 Å². The van der Waals surface area contributed by atoms with E-state index in [9.17, 15) is 0 Å². The summed E-state index contributed by atoms with van der Waals surface area (Å²) < 4.78 is 0. The number of nitrogens with zero attached hydrogens (tertiary/aromatic N) is 1. The number of piperidine rings is 1. The van der Waals surface area contributed by atoms with E-state index in [1.807, 2.05) is 0 Å². The SMILES string of the molecule is CC(c1ccsc1)N1CCCCC1. The van der Waals surface area contributed by atoms with Crippen LogP contribution in [-0.4, -0.2) is 18.0 Å². The van der Waals surface area contributed by atoms with Crippen LogP contribution >= 0.6 is 11.3 Å². The standard InChI is InChI=1S/C11H17NS/c1-10(11-5-8-13-9-11)12-6-3-2-4-7-12/h5,8-10H,2-4,6-7H2,1H3. The number of hydrogen-bond donors (Lipinski definition) is 0. The van der Waals surface area contributed by atoms with Crippen molar-refractivity contribution in [2.24, 2.45) is 0 Å². The molecule has 0 aromatic carbocycles. The molecule has 1 atom stereocenters. The van der Waals surface area contributed by atoms with Crippen molar-refractivity contribution >= 4 is 11.3 Å². The van der Waals surface area contributed by atoms with E-state index in [1.54, 1.807) is 11.3 Å². The molecule has 1 fully saturated rings. The van der Waals surface area contributed by atoms with E-state index >= 15 is 0 Å². The van der Waals surface area contributed by atoms with Gasteiger partial charge in [0.2, 0.25) is 0 Å². The van der Waals surface area contributed by atoms with Crippen molar-refractivity contribution in [2.75, 3.05) is 13.1 Å². The molecule has 1 nitrogen and oxygen atoms in total. The van der Waals surface area contributed by atoms with Crippen molar-refractivity contribution in [1.29, 1.82) is 0 Å². The predicted molar refractivity (Wildman–Crippen MR) is 58.2 cm³/mol.